The van der Waals surface area contributed by atoms with Crippen molar-refractivity contribution < 1.29 is 9.90 Å². The number of aromatic nitrogens is 1. The molecule has 0 fully saturated rings. The fraction of sp³-hybridized carbons (Fsp3) is 0.429. The van der Waals surface area contributed by atoms with Crippen LogP contribution in [0.25, 0.3) is 0 Å². The second kappa shape index (κ2) is 4.06. The van der Waals surface area contributed by atoms with Gasteiger partial charge in [0.25, 0.3) is 0 Å². The molecule has 0 aliphatic heterocycles. The van der Waals surface area contributed by atoms with Gasteiger partial charge in [-0.1, -0.05) is 18.3 Å². The molecular weight excluding hydrogens is 256 g/mol. The first-order valence-corrected chi connectivity index (χ1v) is 5.25. The second-order valence-electron chi connectivity index (χ2n) is 2.72. The largest absolute Gasteiger partial charge is 0.481 e. The molecule has 6 heteroatoms. The average Bonchev–Trinajstić information content (AvgIpc) is 2.30. The van der Waals surface area contributed by atoms with Gasteiger partial charge < -0.3 is 10.8 Å². The van der Waals surface area contributed by atoms with E-state index in [1.165, 1.54) is 11.3 Å². The Balaban J connectivity index is 2.74. The number of nitrogen functional groups attached to an aromatic ring is 1. The summed E-state index contributed by atoms with van der Waals surface area (Å²) in [6.07, 6.45) is 0.406. The summed E-state index contributed by atoms with van der Waals surface area (Å²) in [6.45, 7) is 1.64. The maximum atomic E-state index is 10.6. The van der Waals surface area contributed by atoms with Crippen LogP contribution in [0.15, 0.2) is 3.79 Å². The molecule has 0 bridgehead atoms. The van der Waals surface area contributed by atoms with Gasteiger partial charge in [0.2, 0.25) is 0 Å². The maximum Gasteiger partial charge on any atom is 0.306 e. The Labute approximate surface area is 87.9 Å². The number of nitrogens with two attached hydrogens (primary N) is 1. The number of hydrogen-bond acceptors (Lipinski definition) is 4. The summed E-state index contributed by atoms with van der Waals surface area (Å²) in [7, 11) is 0. The van der Waals surface area contributed by atoms with E-state index in [9.17, 15) is 4.79 Å². The topological polar surface area (TPSA) is 76.2 Å². The lowest BCUT2D eigenvalue weighted by Gasteiger charge is -2.02. The number of hydrogen-bond donors (Lipinski definition) is 2. The van der Waals surface area contributed by atoms with Crippen LogP contribution in [0.3, 0.4) is 0 Å². The van der Waals surface area contributed by atoms with Gasteiger partial charge in [-0.2, -0.15) is 0 Å². The van der Waals surface area contributed by atoms with Crippen molar-refractivity contribution in [3.63, 3.8) is 0 Å². The molecule has 1 heterocycles. The number of aliphatic carboxylic acids is 1. The first-order chi connectivity index (χ1) is 6.00. The van der Waals surface area contributed by atoms with Crippen molar-refractivity contribution in [2.24, 2.45) is 5.92 Å². The standard InChI is InChI=1S/C7H9BrN2O2S/c1-3(6(11)12)2-4-5(8)13-7(9)10-4/h3H,2H2,1H3,(H2,9,10)(H,11,12). The molecule has 0 aromatic carbocycles. The van der Waals surface area contributed by atoms with E-state index in [-0.39, 0.29) is 0 Å². The molecule has 1 unspecified atom stereocenters. The lowest BCUT2D eigenvalue weighted by molar-refractivity contribution is -0.141. The Morgan fingerprint density at radius 3 is 2.85 bits per heavy atom. The van der Waals surface area contributed by atoms with E-state index in [1.807, 2.05) is 0 Å². The summed E-state index contributed by atoms with van der Waals surface area (Å²) in [5, 5.41) is 9.13. The molecule has 1 aromatic heterocycles. The number of carbonyl (C=O) groups is 1. The summed E-state index contributed by atoms with van der Waals surface area (Å²) >= 11 is 4.59. The SMILES string of the molecule is CC(Cc1nc(N)sc1Br)C(=O)O. The Bertz CT molecular complexity index is 326. The van der Waals surface area contributed by atoms with Gasteiger partial charge in [0, 0.05) is 6.42 Å². The quantitative estimate of drug-likeness (QED) is 0.872. The molecule has 13 heavy (non-hydrogen) atoms. The van der Waals surface area contributed by atoms with Gasteiger partial charge >= 0.3 is 5.97 Å². The molecule has 0 aliphatic carbocycles. The van der Waals surface area contributed by atoms with Gasteiger partial charge in [-0.3, -0.25) is 4.79 Å². The number of carboxylic acids is 1. The van der Waals surface area contributed by atoms with E-state index < -0.39 is 11.9 Å². The van der Waals surface area contributed by atoms with Crippen LogP contribution in [0.5, 0.6) is 0 Å². The second-order valence-corrected chi connectivity index (χ2v) is 5.06. The Hall–Kier alpha value is -0.620. The molecule has 1 rings (SSSR count). The van der Waals surface area contributed by atoms with Crippen molar-refractivity contribution in [1.82, 2.24) is 4.98 Å². The Morgan fingerprint density at radius 1 is 1.85 bits per heavy atom. The highest BCUT2D eigenvalue weighted by Crippen LogP contribution is 2.28. The number of halogens is 1. The summed E-state index contributed by atoms with van der Waals surface area (Å²) in [5.41, 5.74) is 6.18. The van der Waals surface area contributed by atoms with E-state index >= 15 is 0 Å². The number of nitrogens with zero attached hydrogens (tertiary/aromatic N) is 1. The van der Waals surface area contributed by atoms with Crippen LogP contribution in [0.2, 0.25) is 0 Å². The van der Waals surface area contributed by atoms with Gasteiger partial charge in [-0.25, -0.2) is 4.98 Å². The minimum absolute atomic E-state index is 0.406. The van der Waals surface area contributed by atoms with E-state index in [4.69, 9.17) is 10.8 Å². The van der Waals surface area contributed by atoms with Crippen LogP contribution in [0.4, 0.5) is 5.13 Å². The molecule has 1 aromatic rings. The van der Waals surface area contributed by atoms with Crippen LogP contribution in [-0.2, 0) is 11.2 Å². The molecule has 1 atom stereocenters. The smallest absolute Gasteiger partial charge is 0.306 e. The fourth-order valence-electron chi connectivity index (χ4n) is 0.854. The van der Waals surface area contributed by atoms with Gasteiger partial charge in [0.15, 0.2) is 5.13 Å². The predicted molar refractivity (Wildman–Crippen MR) is 54.7 cm³/mol. The lowest BCUT2D eigenvalue weighted by Crippen LogP contribution is -2.12. The third kappa shape index (κ3) is 2.67. The van der Waals surface area contributed by atoms with Crippen LogP contribution >= 0.6 is 27.3 Å². The van der Waals surface area contributed by atoms with E-state index in [0.29, 0.717) is 11.6 Å². The molecule has 0 spiro atoms. The third-order valence-electron chi connectivity index (χ3n) is 1.59. The molecule has 3 N–H and O–H groups in total. The van der Waals surface area contributed by atoms with E-state index in [2.05, 4.69) is 20.9 Å². The molecule has 0 radical (unpaired) electrons. The molecule has 0 saturated carbocycles. The molecule has 0 saturated heterocycles. The normalized spacial score (nSPS) is 12.8. The zero-order chi connectivity index (χ0) is 10.0. The van der Waals surface area contributed by atoms with Crippen molar-refractivity contribution >= 4 is 38.4 Å². The number of anilines is 1. The molecule has 72 valence electrons. The monoisotopic (exact) mass is 264 g/mol. The molecule has 0 amide bonds. The number of thiazole rings is 1. The first kappa shape index (κ1) is 10.5. The summed E-state index contributed by atoms with van der Waals surface area (Å²) in [5.74, 6) is -1.25. The molecule has 0 aliphatic rings. The third-order valence-corrected chi connectivity index (χ3v) is 3.25. The first-order valence-electron chi connectivity index (χ1n) is 3.64. The summed E-state index contributed by atoms with van der Waals surface area (Å²) < 4.78 is 0.818. The highest BCUT2D eigenvalue weighted by Gasteiger charge is 2.16. The van der Waals surface area contributed by atoms with Gasteiger partial charge in [0.05, 0.1) is 15.4 Å². The minimum Gasteiger partial charge on any atom is -0.481 e. The zero-order valence-corrected chi connectivity index (χ0v) is 9.35. The Kier molecular flexibility index (Phi) is 3.27. The van der Waals surface area contributed by atoms with E-state index in [1.54, 1.807) is 6.92 Å². The Morgan fingerprint density at radius 2 is 2.46 bits per heavy atom. The average molecular weight is 265 g/mol. The van der Waals surface area contributed by atoms with Crippen LogP contribution < -0.4 is 5.73 Å². The predicted octanol–water partition coefficient (Wildman–Crippen LogP) is 1.75. The van der Waals surface area contributed by atoms with Crippen LogP contribution in [0, 0.1) is 5.92 Å². The van der Waals surface area contributed by atoms with Gasteiger partial charge in [0.1, 0.15) is 0 Å². The van der Waals surface area contributed by atoms with Gasteiger partial charge in [-0.15, -0.1) is 0 Å². The van der Waals surface area contributed by atoms with Crippen molar-refractivity contribution in [2.75, 3.05) is 5.73 Å². The summed E-state index contributed by atoms with van der Waals surface area (Å²) in [4.78, 5) is 14.6. The molecular formula is C7H9BrN2O2S. The number of carboxylic acid groups (broad SMARTS) is 1. The fourth-order valence-corrected chi connectivity index (χ4v) is 2.19. The maximum absolute atomic E-state index is 10.6. The van der Waals surface area contributed by atoms with Crippen molar-refractivity contribution in [1.29, 1.82) is 0 Å². The van der Waals surface area contributed by atoms with E-state index in [0.717, 1.165) is 9.48 Å². The van der Waals surface area contributed by atoms with Gasteiger partial charge in [-0.05, 0) is 15.9 Å². The van der Waals surface area contributed by atoms with Crippen molar-refractivity contribution in [3.8, 4) is 0 Å². The minimum atomic E-state index is -0.821. The highest BCUT2D eigenvalue weighted by molar-refractivity contribution is 9.11. The van der Waals surface area contributed by atoms with Crippen LogP contribution in [-0.4, -0.2) is 16.1 Å². The van der Waals surface area contributed by atoms with Crippen LogP contribution in [0.1, 0.15) is 12.6 Å². The molecule has 4 nitrogen and oxygen atoms in total. The zero-order valence-electron chi connectivity index (χ0n) is 6.95. The van der Waals surface area contributed by atoms with Crippen molar-refractivity contribution in [3.05, 3.63) is 9.48 Å². The highest BCUT2D eigenvalue weighted by atomic mass is 79.9. The number of rotatable bonds is 3. The lowest BCUT2D eigenvalue weighted by atomic mass is 10.1. The van der Waals surface area contributed by atoms with Crippen molar-refractivity contribution in [2.45, 2.75) is 13.3 Å². The summed E-state index contributed by atoms with van der Waals surface area (Å²) in [6, 6.07) is 0.